The normalized spacial score (nSPS) is 26.1. The van der Waals surface area contributed by atoms with Gasteiger partial charge in [-0.05, 0) is 48.9 Å². The van der Waals surface area contributed by atoms with Crippen LogP contribution < -0.4 is 5.73 Å². The highest BCUT2D eigenvalue weighted by atomic mass is 15.1. The number of nitrogens with zero attached hydrogens (tertiary/aromatic N) is 1. The second-order valence-corrected chi connectivity index (χ2v) is 5.67. The van der Waals surface area contributed by atoms with Gasteiger partial charge in [-0.2, -0.15) is 0 Å². The predicted molar refractivity (Wildman–Crippen MR) is 73.8 cm³/mol. The molecule has 1 heterocycles. The molecule has 2 unspecified atom stereocenters. The zero-order valence-corrected chi connectivity index (χ0v) is 11.2. The van der Waals surface area contributed by atoms with E-state index in [-0.39, 0.29) is 0 Å². The molecule has 2 nitrogen and oxygen atoms in total. The zero-order valence-electron chi connectivity index (χ0n) is 11.2. The second kappa shape index (κ2) is 5.09. The van der Waals surface area contributed by atoms with Crippen molar-refractivity contribution in [3.63, 3.8) is 0 Å². The summed E-state index contributed by atoms with van der Waals surface area (Å²) in [6.45, 7) is 10.3. The lowest BCUT2D eigenvalue weighted by Gasteiger charge is -2.35. The molecule has 2 heteroatoms. The largest absolute Gasteiger partial charge is 0.399 e. The summed E-state index contributed by atoms with van der Waals surface area (Å²) in [5.41, 5.74) is 9.39. The first-order valence-corrected chi connectivity index (χ1v) is 6.63. The van der Waals surface area contributed by atoms with E-state index in [0.29, 0.717) is 0 Å². The highest BCUT2D eigenvalue weighted by Crippen LogP contribution is 2.24. The van der Waals surface area contributed by atoms with E-state index in [1.807, 2.05) is 0 Å². The van der Waals surface area contributed by atoms with Crippen molar-refractivity contribution in [3.05, 3.63) is 29.3 Å². The molecule has 0 bridgehead atoms. The van der Waals surface area contributed by atoms with E-state index in [1.165, 1.54) is 30.6 Å². The quantitative estimate of drug-likeness (QED) is 0.794. The maximum atomic E-state index is 5.96. The third kappa shape index (κ3) is 3.01. The number of anilines is 1. The van der Waals surface area contributed by atoms with E-state index in [0.717, 1.165) is 24.1 Å². The Labute approximate surface area is 105 Å². The van der Waals surface area contributed by atoms with Crippen LogP contribution in [0.4, 0.5) is 5.69 Å². The molecular weight excluding hydrogens is 208 g/mol. The summed E-state index contributed by atoms with van der Waals surface area (Å²) in [4.78, 5) is 2.55. The molecule has 0 saturated carbocycles. The molecule has 0 radical (unpaired) electrons. The predicted octanol–water partition coefficient (Wildman–Crippen LogP) is 3.06. The number of likely N-dealkylation sites (tertiary alicyclic amines) is 1. The van der Waals surface area contributed by atoms with E-state index < -0.39 is 0 Å². The first kappa shape index (κ1) is 12.4. The number of rotatable bonds is 2. The lowest BCUT2D eigenvalue weighted by Crippen LogP contribution is -2.37. The molecule has 1 aliphatic heterocycles. The Kier molecular flexibility index (Phi) is 3.72. The highest BCUT2D eigenvalue weighted by molar-refractivity contribution is 5.48. The molecule has 1 saturated heterocycles. The monoisotopic (exact) mass is 232 g/mol. The van der Waals surface area contributed by atoms with Crippen LogP contribution in [-0.4, -0.2) is 18.0 Å². The third-order valence-corrected chi connectivity index (χ3v) is 4.17. The Hall–Kier alpha value is -1.02. The molecule has 0 aliphatic carbocycles. The molecule has 94 valence electrons. The van der Waals surface area contributed by atoms with Gasteiger partial charge in [0.05, 0.1) is 0 Å². The summed E-state index contributed by atoms with van der Waals surface area (Å²) < 4.78 is 0. The average Bonchev–Trinajstić information content (AvgIpc) is 2.29. The molecule has 17 heavy (non-hydrogen) atoms. The van der Waals surface area contributed by atoms with Crippen molar-refractivity contribution in [2.75, 3.05) is 18.8 Å². The number of nitrogens with two attached hydrogens (primary N) is 1. The van der Waals surface area contributed by atoms with Crippen LogP contribution in [0.1, 0.15) is 31.4 Å². The number of nitrogen functional groups attached to an aromatic ring is 1. The maximum Gasteiger partial charge on any atom is 0.0346 e. The van der Waals surface area contributed by atoms with Crippen molar-refractivity contribution < 1.29 is 0 Å². The minimum Gasteiger partial charge on any atom is -0.399 e. The first-order chi connectivity index (χ1) is 8.06. The van der Waals surface area contributed by atoms with Crippen LogP contribution in [0, 0.1) is 18.8 Å². The van der Waals surface area contributed by atoms with Gasteiger partial charge < -0.3 is 5.73 Å². The Morgan fingerprint density at radius 1 is 1.29 bits per heavy atom. The van der Waals surface area contributed by atoms with Gasteiger partial charge in [0, 0.05) is 18.8 Å². The number of piperidine rings is 1. The standard InChI is InChI=1S/C15H24N2/c1-11-6-7-17(9-13(11)3)10-14-5-4-12(2)15(16)8-14/h4-5,8,11,13H,6-7,9-10,16H2,1-3H3. The molecule has 2 rings (SSSR count). The molecule has 0 aromatic heterocycles. The second-order valence-electron chi connectivity index (χ2n) is 5.67. The van der Waals surface area contributed by atoms with Crippen LogP contribution >= 0.6 is 0 Å². The van der Waals surface area contributed by atoms with Gasteiger partial charge in [0.2, 0.25) is 0 Å². The summed E-state index contributed by atoms with van der Waals surface area (Å²) in [6.07, 6.45) is 1.32. The molecular formula is C15H24N2. The fourth-order valence-electron chi connectivity index (χ4n) is 2.54. The highest BCUT2D eigenvalue weighted by Gasteiger charge is 2.22. The van der Waals surface area contributed by atoms with Gasteiger partial charge in [-0.25, -0.2) is 0 Å². The van der Waals surface area contributed by atoms with Crippen molar-refractivity contribution in [1.82, 2.24) is 4.90 Å². The van der Waals surface area contributed by atoms with Crippen LogP contribution in [0.15, 0.2) is 18.2 Å². The Morgan fingerprint density at radius 3 is 2.71 bits per heavy atom. The zero-order chi connectivity index (χ0) is 12.4. The van der Waals surface area contributed by atoms with Gasteiger partial charge in [0.15, 0.2) is 0 Å². The van der Waals surface area contributed by atoms with E-state index in [1.54, 1.807) is 0 Å². The Bertz CT molecular complexity index is 387. The molecule has 2 N–H and O–H groups in total. The number of aryl methyl sites for hydroxylation is 1. The van der Waals surface area contributed by atoms with Crippen LogP contribution in [0.5, 0.6) is 0 Å². The number of hydrogen-bond acceptors (Lipinski definition) is 2. The Morgan fingerprint density at radius 2 is 2.06 bits per heavy atom. The van der Waals surface area contributed by atoms with Crippen LogP contribution in [0.2, 0.25) is 0 Å². The molecule has 2 atom stereocenters. The van der Waals surface area contributed by atoms with E-state index in [2.05, 4.69) is 43.9 Å². The summed E-state index contributed by atoms with van der Waals surface area (Å²) in [7, 11) is 0. The van der Waals surface area contributed by atoms with Crippen LogP contribution in [-0.2, 0) is 6.54 Å². The van der Waals surface area contributed by atoms with Gasteiger partial charge in [-0.15, -0.1) is 0 Å². The van der Waals surface area contributed by atoms with Gasteiger partial charge in [-0.3, -0.25) is 4.90 Å². The minimum atomic E-state index is 0.812. The lowest BCUT2D eigenvalue weighted by molar-refractivity contribution is 0.132. The summed E-state index contributed by atoms with van der Waals surface area (Å²) in [6, 6.07) is 6.45. The molecule has 0 spiro atoms. The van der Waals surface area contributed by atoms with Crippen LogP contribution in [0.25, 0.3) is 0 Å². The van der Waals surface area contributed by atoms with Gasteiger partial charge in [-0.1, -0.05) is 26.0 Å². The molecule has 1 aromatic rings. The summed E-state index contributed by atoms with van der Waals surface area (Å²) in [5.74, 6) is 1.68. The van der Waals surface area contributed by atoms with Crippen molar-refractivity contribution in [2.24, 2.45) is 11.8 Å². The number of benzene rings is 1. The molecule has 1 fully saturated rings. The van der Waals surface area contributed by atoms with Gasteiger partial charge >= 0.3 is 0 Å². The number of hydrogen-bond donors (Lipinski definition) is 1. The summed E-state index contributed by atoms with van der Waals surface area (Å²) in [5, 5.41) is 0. The van der Waals surface area contributed by atoms with E-state index in [9.17, 15) is 0 Å². The Balaban J connectivity index is 1.99. The van der Waals surface area contributed by atoms with E-state index >= 15 is 0 Å². The fourth-order valence-corrected chi connectivity index (χ4v) is 2.54. The third-order valence-electron chi connectivity index (χ3n) is 4.17. The van der Waals surface area contributed by atoms with Crippen molar-refractivity contribution >= 4 is 5.69 Å². The van der Waals surface area contributed by atoms with Gasteiger partial charge in [0.25, 0.3) is 0 Å². The SMILES string of the molecule is Cc1ccc(CN2CCC(C)C(C)C2)cc1N. The van der Waals surface area contributed by atoms with E-state index in [4.69, 9.17) is 5.73 Å². The van der Waals surface area contributed by atoms with Gasteiger partial charge in [0.1, 0.15) is 0 Å². The minimum absolute atomic E-state index is 0.812. The van der Waals surface area contributed by atoms with Crippen molar-refractivity contribution in [3.8, 4) is 0 Å². The van der Waals surface area contributed by atoms with Crippen LogP contribution in [0.3, 0.4) is 0 Å². The smallest absolute Gasteiger partial charge is 0.0346 e. The maximum absolute atomic E-state index is 5.96. The topological polar surface area (TPSA) is 29.3 Å². The van der Waals surface area contributed by atoms with Crippen molar-refractivity contribution in [2.45, 2.75) is 33.7 Å². The molecule has 1 aliphatic rings. The molecule has 1 aromatic carbocycles. The van der Waals surface area contributed by atoms with Crippen molar-refractivity contribution in [1.29, 1.82) is 0 Å². The lowest BCUT2D eigenvalue weighted by atomic mass is 9.88. The summed E-state index contributed by atoms with van der Waals surface area (Å²) >= 11 is 0. The first-order valence-electron chi connectivity index (χ1n) is 6.63. The average molecular weight is 232 g/mol. The fraction of sp³-hybridized carbons (Fsp3) is 0.600. The molecule has 0 amide bonds.